The lowest BCUT2D eigenvalue weighted by Gasteiger charge is -2.17. The van der Waals surface area contributed by atoms with Crippen LogP contribution in [0, 0.1) is 0 Å². The third-order valence-corrected chi connectivity index (χ3v) is 5.08. The second kappa shape index (κ2) is 8.68. The summed E-state index contributed by atoms with van der Waals surface area (Å²) in [6, 6.07) is 4.40. The van der Waals surface area contributed by atoms with E-state index < -0.39 is 23.2 Å². The largest absolute Gasteiger partial charge is 0.417 e. The Hall–Kier alpha value is -3.70. The molecule has 4 aromatic rings. The van der Waals surface area contributed by atoms with Gasteiger partial charge in [0.2, 0.25) is 0 Å². The summed E-state index contributed by atoms with van der Waals surface area (Å²) in [5, 5.41) is 10.1. The number of benzene rings is 1. The molecule has 0 bridgehead atoms. The molecular formula is C20H12Cl2F3N7O. The van der Waals surface area contributed by atoms with Gasteiger partial charge in [-0.05, 0) is 29.8 Å². The van der Waals surface area contributed by atoms with Gasteiger partial charge in [-0.3, -0.25) is 9.78 Å². The molecule has 0 spiro atoms. The van der Waals surface area contributed by atoms with Crippen molar-refractivity contribution in [1.29, 1.82) is 0 Å². The van der Waals surface area contributed by atoms with Gasteiger partial charge >= 0.3 is 6.18 Å². The molecule has 0 saturated carbocycles. The van der Waals surface area contributed by atoms with Crippen LogP contribution < -0.4 is 11.1 Å². The maximum Gasteiger partial charge on any atom is 0.417 e. The lowest BCUT2D eigenvalue weighted by molar-refractivity contribution is -0.137. The number of nitrogens with one attached hydrogen (secondary N) is 1. The van der Waals surface area contributed by atoms with E-state index in [-0.39, 0.29) is 38.4 Å². The fourth-order valence-electron chi connectivity index (χ4n) is 3.03. The molecule has 0 aliphatic rings. The maximum atomic E-state index is 13.8. The average molecular weight is 494 g/mol. The molecule has 1 aromatic carbocycles. The number of carbonyl (C=O) groups excluding carboxylic acids is 1. The summed E-state index contributed by atoms with van der Waals surface area (Å²) in [6.45, 7) is 0. The van der Waals surface area contributed by atoms with Crippen LogP contribution in [-0.4, -0.2) is 30.9 Å². The SMILES string of the molecule is Nc1cnccc1-c1cc(Cl)c(C(=O)Nc2cnc(-n3nccn3)c(Cl)c2)cc1C(F)(F)F. The van der Waals surface area contributed by atoms with Crippen molar-refractivity contribution in [2.24, 2.45) is 0 Å². The molecule has 0 aliphatic carbocycles. The summed E-state index contributed by atoms with van der Waals surface area (Å²) in [5.74, 6) is -0.682. The summed E-state index contributed by atoms with van der Waals surface area (Å²) >= 11 is 12.4. The number of hydrogen-bond donors (Lipinski definition) is 2. The maximum absolute atomic E-state index is 13.8. The number of rotatable bonds is 4. The van der Waals surface area contributed by atoms with Crippen LogP contribution in [0.4, 0.5) is 24.5 Å². The van der Waals surface area contributed by atoms with Crippen molar-refractivity contribution in [2.45, 2.75) is 6.18 Å². The summed E-state index contributed by atoms with van der Waals surface area (Å²) in [4.78, 5) is 21.8. The normalized spacial score (nSPS) is 11.4. The minimum absolute atomic E-state index is 0.0312. The number of aromatic nitrogens is 5. The van der Waals surface area contributed by atoms with Gasteiger partial charge in [0.1, 0.15) is 0 Å². The van der Waals surface area contributed by atoms with Gasteiger partial charge in [0, 0.05) is 11.8 Å². The first-order valence-electron chi connectivity index (χ1n) is 9.09. The molecule has 168 valence electrons. The third kappa shape index (κ3) is 4.59. The minimum atomic E-state index is -4.78. The number of nitrogens with two attached hydrogens (primary N) is 1. The number of alkyl halides is 3. The summed E-state index contributed by atoms with van der Waals surface area (Å²) in [7, 11) is 0. The quantitative estimate of drug-likeness (QED) is 0.418. The number of nitrogen functional groups attached to an aromatic ring is 1. The lowest BCUT2D eigenvalue weighted by Crippen LogP contribution is -2.16. The summed E-state index contributed by atoms with van der Waals surface area (Å²) in [5.41, 5.74) is 4.30. The molecule has 3 aromatic heterocycles. The molecule has 13 heteroatoms. The molecule has 8 nitrogen and oxygen atoms in total. The van der Waals surface area contributed by atoms with Gasteiger partial charge in [0.15, 0.2) is 5.82 Å². The van der Waals surface area contributed by atoms with Crippen LogP contribution >= 0.6 is 23.2 Å². The highest BCUT2D eigenvalue weighted by Crippen LogP contribution is 2.41. The molecular weight excluding hydrogens is 482 g/mol. The van der Waals surface area contributed by atoms with E-state index in [2.05, 4.69) is 25.5 Å². The Bertz CT molecular complexity index is 1340. The number of anilines is 2. The zero-order valence-corrected chi connectivity index (χ0v) is 17.8. The van der Waals surface area contributed by atoms with Gasteiger partial charge in [-0.25, -0.2) is 4.98 Å². The Labute approximate surface area is 194 Å². The van der Waals surface area contributed by atoms with Crippen molar-refractivity contribution in [2.75, 3.05) is 11.1 Å². The van der Waals surface area contributed by atoms with E-state index in [1.54, 1.807) is 0 Å². The highest BCUT2D eigenvalue weighted by molar-refractivity contribution is 6.35. The lowest BCUT2D eigenvalue weighted by atomic mass is 9.96. The first kappa shape index (κ1) is 22.5. The Balaban J connectivity index is 1.70. The fourth-order valence-corrected chi connectivity index (χ4v) is 3.52. The van der Waals surface area contributed by atoms with E-state index in [1.807, 2.05) is 0 Å². The smallest absolute Gasteiger partial charge is 0.397 e. The Kier molecular flexibility index (Phi) is 5.91. The Morgan fingerprint density at radius 1 is 1.00 bits per heavy atom. The molecule has 4 rings (SSSR count). The molecule has 0 fully saturated rings. The number of hydrogen-bond acceptors (Lipinski definition) is 6. The highest BCUT2D eigenvalue weighted by atomic mass is 35.5. The second-order valence-corrected chi connectivity index (χ2v) is 7.45. The first-order valence-corrected chi connectivity index (χ1v) is 9.85. The Morgan fingerprint density at radius 2 is 1.73 bits per heavy atom. The van der Waals surface area contributed by atoms with Crippen molar-refractivity contribution in [3.8, 4) is 16.9 Å². The van der Waals surface area contributed by atoms with E-state index in [1.165, 1.54) is 47.9 Å². The molecule has 0 atom stereocenters. The van der Waals surface area contributed by atoms with E-state index >= 15 is 0 Å². The van der Waals surface area contributed by atoms with Crippen LogP contribution in [0.5, 0.6) is 0 Å². The van der Waals surface area contributed by atoms with Gasteiger partial charge in [-0.2, -0.15) is 23.4 Å². The van der Waals surface area contributed by atoms with Crippen molar-refractivity contribution in [3.05, 3.63) is 76.4 Å². The number of nitrogens with zero attached hydrogens (tertiary/aromatic N) is 5. The predicted octanol–water partition coefficient (Wildman–Crippen LogP) is 4.88. The van der Waals surface area contributed by atoms with Crippen molar-refractivity contribution < 1.29 is 18.0 Å². The van der Waals surface area contributed by atoms with E-state index in [4.69, 9.17) is 28.9 Å². The summed E-state index contributed by atoms with van der Waals surface area (Å²) < 4.78 is 41.5. The van der Waals surface area contributed by atoms with Gasteiger partial charge in [-0.1, -0.05) is 23.2 Å². The third-order valence-electron chi connectivity index (χ3n) is 4.49. The standard InChI is InChI=1S/C20H12Cl2F3N7O/c21-15-7-12(11-1-2-27-9-17(11)26)14(20(23,24)25)6-13(15)19(33)31-10-5-16(22)18(28-8-10)32-29-3-4-30-32/h1-9H,26H2,(H,31,33). The van der Waals surface area contributed by atoms with Gasteiger partial charge < -0.3 is 11.1 Å². The van der Waals surface area contributed by atoms with Crippen molar-refractivity contribution in [1.82, 2.24) is 25.0 Å². The molecule has 33 heavy (non-hydrogen) atoms. The van der Waals surface area contributed by atoms with E-state index in [9.17, 15) is 18.0 Å². The zero-order chi connectivity index (χ0) is 23.8. The molecule has 3 heterocycles. The van der Waals surface area contributed by atoms with Gasteiger partial charge in [-0.15, -0.1) is 4.80 Å². The van der Waals surface area contributed by atoms with Crippen molar-refractivity contribution in [3.63, 3.8) is 0 Å². The highest BCUT2D eigenvalue weighted by Gasteiger charge is 2.36. The molecule has 0 radical (unpaired) electrons. The number of carbonyl (C=O) groups is 1. The zero-order valence-electron chi connectivity index (χ0n) is 16.3. The van der Waals surface area contributed by atoms with Crippen LogP contribution in [0.25, 0.3) is 16.9 Å². The van der Waals surface area contributed by atoms with Gasteiger partial charge in [0.05, 0.1) is 57.3 Å². The van der Waals surface area contributed by atoms with Crippen LogP contribution in [0.15, 0.2) is 55.2 Å². The number of halogens is 5. The van der Waals surface area contributed by atoms with Crippen LogP contribution in [0.1, 0.15) is 15.9 Å². The van der Waals surface area contributed by atoms with Crippen LogP contribution in [0.3, 0.4) is 0 Å². The second-order valence-electron chi connectivity index (χ2n) is 6.64. The van der Waals surface area contributed by atoms with Crippen LogP contribution in [0.2, 0.25) is 10.0 Å². The topological polar surface area (TPSA) is 112 Å². The minimum Gasteiger partial charge on any atom is -0.397 e. The number of amides is 1. The predicted molar refractivity (Wildman–Crippen MR) is 116 cm³/mol. The Morgan fingerprint density at radius 3 is 2.36 bits per heavy atom. The number of pyridine rings is 2. The van der Waals surface area contributed by atoms with E-state index in [0.717, 1.165) is 6.07 Å². The molecule has 0 unspecified atom stereocenters. The van der Waals surface area contributed by atoms with Crippen molar-refractivity contribution >= 4 is 40.5 Å². The summed E-state index contributed by atoms with van der Waals surface area (Å²) in [6.07, 6.45) is 1.86. The molecule has 1 amide bonds. The van der Waals surface area contributed by atoms with E-state index in [0.29, 0.717) is 6.07 Å². The van der Waals surface area contributed by atoms with Gasteiger partial charge in [0.25, 0.3) is 5.91 Å². The first-order chi connectivity index (χ1) is 15.6. The fraction of sp³-hybridized carbons (Fsp3) is 0.0500. The molecule has 0 aliphatic heterocycles. The monoisotopic (exact) mass is 493 g/mol. The molecule has 3 N–H and O–H groups in total. The van der Waals surface area contributed by atoms with Crippen LogP contribution in [-0.2, 0) is 6.18 Å². The average Bonchev–Trinajstić information content (AvgIpc) is 3.27. The molecule has 0 saturated heterocycles.